The molecule has 5 nitrogen and oxygen atoms in total. The van der Waals surface area contributed by atoms with Gasteiger partial charge in [-0.25, -0.2) is 4.98 Å². The van der Waals surface area contributed by atoms with Crippen molar-refractivity contribution < 1.29 is 8.95 Å². The normalized spacial score (nSPS) is 13.3. The largest absolute Gasteiger partial charge is 0.498 e. The first-order valence-electron chi connectivity index (χ1n) is 8.23. The average molecular weight is 396 g/mol. The average Bonchev–Trinajstić information content (AvgIpc) is 2.58. The highest BCUT2D eigenvalue weighted by atomic mass is 35.5. The highest BCUT2D eigenvalue weighted by molar-refractivity contribution is 7.84. The monoisotopic (exact) mass is 395 g/mol. The van der Waals surface area contributed by atoms with Crippen LogP contribution in [0.3, 0.4) is 0 Å². The fourth-order valence-corrected chi connectivity index (χ4v) is 2.68. The summed E-state index contributed by atoms with van der Waals surface area (Å²) >= 11 is 5.93. The van der Waals surface area contributed by atoms with Gasteiger partial charge in [-0.05, 0) is 50.9 Å². The van der Waals surface area contributed by atoms with E-state index in [1.807, 2.05) is 56.2 Å². The van der Waals surface area contributed by atoms with Gasteiger partial charge in [0.2, 0.25) is 5.28 Å². The van der Waals surface area contributed by atoms with Gasteiger partial charge in [0.05, 0.1) is 12.4 Å². The maximum absolute atomic E-state index is 11.0. The van der Waals surface area contributed by atoms with Gasteiger partial charge in [0.25, 0.3) is 0 Å². The van der Waals surface area contributed by atoms with Crippen molar-refractivity contribution in [3.05, 3.63) is 65.6 Å². The molecule has 1 rings (SSSR count). The van der Waals surface area contributed by atoms with Gasteiger partial charge in [-0.2, -0.15) is 4.98 Å². The molecule has 7 heteroatoms. The van der Waals surface area contributed by atoms with Crippen molar-refractivity contribution in [3.8, 4) is 0 Å². The first-order chi connectivity index (χ1) is 12.3. The fraction of sp³-hybridized carbons (Fsp3) is 0.368. The molecule has 0 aliphatic carbocycles. The zero-order valence-corrected chi connectivity index (χ0v) is 17.3. The Morgan fingerprint density at radius 3 is 2.88 bits per heavy atom. The Labute approximate surface area is 163 Å². The minimum Gasteiger partial charge on any atom is -0.498 e. The third-order valence-corrected chi connectivity index (χ3v) is 4.32. The second-order valence-corrected chi connectivity index (χ2v) is 7.50. The molecule has 0 saturated carbocycles. The molecule has 0 saturated heterocycles. The van der Waals surface area contributed by atoms with Crippen LogP contribution in [0.1, 0.15) is 25.8 Å². The molecular formula is C19H26ClN3O2S. The van der Waals surface area contributed by atoms with E-state index in [0.717, 1.165) is 23.4 Å². The molecule has 1 atom stereocenters. The summed E-state index contributed by atoms with van der Waals surface area (Å²) in [6, 6.07) is 0. The Balaban J connectivity index is 2.75. The van der Waals surface area contributed by atoms with E-state index in [9.17, 15) is 4.21 Å². The van der Waals surface area contributed by atoms with E-state index < -0.39 is 10.8 Å². The van der Waals surface area contributed by atoms with E-state index in [2.05, 4.69) is 16.5 Å². The summed E-state index contributed by atoms with van der Waals surface area (Å²) in [5.41, 5.74) is 1.62. The van der Waals surface area contributed by atoms with Crippen molar-refractivity contribution in [3.63, 3.8) is 0 Å². The number of hydrogen-bond acceptors (Lipinski definition) is 5. The van der Waals surface area contributed by atoms with E-state index in [4.69, 9.17) is 16.3 Å². The van der Waals surface area contributed by atoms with Gasteiger partial charge in [-0.3, -0.25) is 4.21 Å². The third-order valence-electron chi connectivity index (χ3n) is 3.28. The summed E-state index contributed by atoms with van der Waals surface area (Å²) in [5, 5.41) is 0.189. The van der Waals surface area contributed by atoms with E-state index in [1.54, 1.807) is 12.5 Å². The molecule has 0 fully saturated rings. The molecular weight excluding hydrogens is 370 g/mol. The van der Waals surface area contributed by atoms with Crippen molar-refractivity contribution >= 4 is 28.2 Å². The van der Waals surface area contributed by atoms with Crippen LogP contribution in [0.2, 0.25) is 5.28 Å². The lowest BCUT2D eigenvalue weighted by Crippen LogP contribution is -2.16. The smallest absolute Gasteiger partial charge is 0.224 e. The first kappa shape index (κ1) is 22.1. The lowest BCUT2D eigenvalue weighted by Gasteiger charge is -2.21. The molecule has 1 aromatic heterocycles. The minimum absolute atomic E-state index is 0.189. The highest BCUT2D eigenvalue weighted by Gasteiger charge is 2.11. The van der Waals surface area contributed by atoms with Crippen molar-refractivity contribution in [1.29, 1.82) is 0 Å². The van der Waals surface area contributed by atoms with Gasteiger partial charge < -0.3 is 9.64 Å². The number of allylic oxidation sites excluding steroid dienone is 5. The Morgan fingerprint density at radius 2 is 2.23 bits per heavy atom. The molecule has 0 amide bonds. The number of rotatable bonds is 10. The molecule has 142 valence electrons. The first-order valence-corrected chi connectivity index (χ1v) is 10.3. The van der Waals surface area contributed by atoms with E-state index >= 15 is 0 Å². The van der Waals surface area contributed by atoms with Crippen LogP contribution in [-0.2, 0) is 15.5 Å². The number of nitrogens with zero attached hydrogens (tertiary/aromatic N) is 3. The van der Waals surface area contributed by atoms with Gasteiger partial charge >= 0.3 is 0 Å². The predicted octanol–water partition coefficient (Wildman–Crippen LogP) is 4.54. The van der Waals surface area contributed by atoms with E-state index in [0.29, 0.717) is 18.2 Å². The van der Waals surface area contributed by atoms with Crippen LogP contribution in [0.5, 0.6) is 0 Å². The summed E-state index contributed by atoms with van der Waals surface area (Å²) in [4.78, 5) is 10.1. The quantitative estimate of drug-likeness (QED) is 0.252. The molecule has 0 bridgehead atoms. The van der Waals surface area contributed by atoms with Gasteiger partial charge in [-0.15, -0.1) is 0 Å². The number of ether oxygens (including phenoxy) is 1. The SMILES string of the molecule is C=C(/C=C\C=C(/C)OCCCS(C)=O)N(/C=C\C)c1nc(Cl)ncc1C. The van der Waals surface area contributed by atoms with Crippen LogP contribution in [-0.4, -0.2) is 32.8 Å². The molecule has 26 heavy (non-hydrogen) atoms. The molecule has 0 spiro atoms. The van der Waals surface area contributed by atoms with Gasteiger partial charge in [0.15, 0.2) is 0 Å². The van der Waals surface area contributed by atoms with Crippen molar-refractivity contribution in [2.45, 2.75) is 27.2 Å². The van der Waals surface area contributed by atoms with E-state index in [-0.39, 0.29) is 5.28 Å². The third kappa shape index (κ3) is 7.97. The topological polar surface area (TPSA) is 55.3 Å². The van der Waals surface area contributed by atoms with Crippen LogP contribution in [0.15, 0.2) is 54.7 Å². The lowest BCUT2D eigenvalue weighted by molar-refractivity contribution is 0.215. The molecule has 0 radical (unpaired) electrons. The zero-order valence-electron chi connectivity index (χ0n) is 15.7. The summed E-state index contributed by atoms with van der Waals surface area (Å²) in [5.74, 6) is 2.12. The summed E-state index contributed by atoms with van der Waals surface area (Å²) in [6.07, 6.45) is 13.5. The Morgan fingerprint density at radius 1 is 1.50 bits per heavy atom. The molecule has 0 aliphatic rings. The van der Waals surface area contributed by atoms with Gasteiger partial charge in [0, 0.05) is 46.5 Å². The molecule has 1 unspecified atom stereocenters. The number of hydrogen-bond donors (Lipinski definition) is 0. The Kier molecular flexibility index (Phi) is 9.91. The molecule has 1 aromatic rings. The highest BCUT2D eigenvalue weighted by Crippen LogP contribution is 2.22. The second-order valence-electron chi connectivity index (χ2n) is 5.61. The van der Waals surface area contributed by atoms with Crippen LogP contribution < -0.4 is 4.90 Å². The van der Waals surface area contributed by atoms with Crippen molar-refractivity contribution in [1.82, 2.24) is 9.97 Å². The van der Waals surface area contributed by atoms with Crippen molar-refractivity contribution in [2.75, 3.05) is 23.5 Å². The minimum atomic E-state index is -0.778. The summed E-state index contributed by atoms with van der Waals surface area (Å²) in [7, 11) is -0.778. The lowest BCUT2D eigenvalue weighted by atomic mass is 10.3. The van der Waals surface area contributed by atoms with Crippen LogP contribution in [0.25, 0.3) is 0 Å². The maximum Gasteiger partial charge on any atom is 0.224 e. The molecule has 0 N–H and O–H groups in total. The van der Waals surface area contributed by atoms with Gasteiger partial charge in [0.1, 0.15) is 5.82 Å². The second kappa shape index (κ2) is 11.6. The number of aryl methyl sites for hydroxylation is 1. The number of anilines is 1. The molecule has 1 heterocycles. The fourth-order valence-electron chi connectivity index (χ4n) is 2.03. The summed E-state index contributed by atoms with van der Waals surface area (Å²) < 4.78 is 16.6. The number of halogens is 1. The van der Waals surface area contributed by atoms with Crippen molar-refractivity contribution in [2.24, 2.45) is 0 Å². The van der Waals surface area contributed by atoms with Crippen LogP contribution in [0, 0.1) is 6.92 Å². The van der Waals surface area contributed by atoms with Crippen LogP contribution >= 0.6 is 11.6 Å². The molecule has 0 aliphatic heterocycles. The zero-order chi connectivity index (χ0) is 19.5. The van der Waals surface area contributed by atoms with Crippen LogP contribution in [0.4, 0.5) is 5.82 Å². The standard InChI is InChI=1S/C19H26ClN3O2S/c1-6-11-23(18-15(2)14-21-19(20)22-18)16(3)9-7-10-17(4)25-12-8-13-26(5)24/h6-7,9-11,14H,3,8,12-13H2,1-2,4-5H3/b9-7-,11-6-,17-10+. The van der Waals surface area contributed by atoms with Gasteiger partial charge in [-0.1, -0.05) is 18.7 Å². The Hall–Kier alpha value is -1.92. The molecule has 0 aromatic carbocycles. The van der Waals surface area contributed by atoms with E-state index in [1.165, 1.54) is 0 Å². The predicted molar refractivity (Wildman–Crippen MR) is 111 cm³/mol. The Bertz CT molecular complexity index is 729. The maximum atomic E-state index is 11.0. The summed E-state index contributed by atoms with van der Waals surface area (Å²) in [6.45, 7) is 10.4. The number of aromatic nitrogens is 2.